The van der Waals surface area contributed by atoms with Gasteiger partial charge in [0.2, 0.25) is 0 Å². The monoisotopic (exact) mass is 205 g/mol. The number of rotatable bonds is 4. The normalized spacial score (nSPS) is 14.4. The van der Waals surface area contributed by atoms with Gasteiger partial charge in [0.15, 0.2) is 0 Å². The zero-order valence-corrected chi connectivity index (χ0v) is 9.66. The molecule has 0 radical (unpaired) electrons. The van der Waals surface area contributed by atoms with Crippen LogP contribution in [-0.4, -0.2) is 6.10 Å². The first-order valence-corrected chi connectivity index (χ1v) is 5.20. The molecule has 82 valence electrons. The molecule has 1 aromatic carbocycles. The Balaban J connectivity index is 3.00. The van der Waals surface area contributed by atoms with Crippen LogP contribution in [0.2, 0.25) is 0 Å². The van der Waals surface area contributed by atoms with E-state index in [1.165, 1.54) is 5.56 Å². The molecule has 15 heavy (non-hydrogen) atoms. The summed E-state index contributed by atoms with van der Waals surface area (Å²) < 4.78 is 5.71. The number of nitrogens with two attached hydrogens (primary N) is 1. The predicted molar refractivity (Wildman–Crippen MR) is 64.1 cm³/mol. The Labute approximate surface area is 91.7 Å². The van der Waals surface area contributed by atoms with E-state index in [0.29, 0.717) is 0 Å². The van der Waals surface area contributed by atoms with Gasteiger partial charge in [0.1, 0.15) is 11.9 Å². The maximum atomic E-state index is 5.89. The van der Waals surface area contributed by atoms with Gasteiger partial charge in [-0.05, 0) is 26.8 Å². The number of hydrogen-bond acceptors (Lipinski definition) is 2. The fourth-order valence-electron chi connectivity index (χ4n) is 1.38. The largest absolute Gasteiger partial charge is 0.486 e. The molecule has 2 atom stereocenters. The minimum atomic E-state index is -0.0167. The second kappa shape index (κ2) is 4.99. The Morgan fingerprint density at radius 3 is 2.60 bits per heavy atom. The Morgan fingerprint density at radius 1 is 1.40 bits per heavy atom. The van der Waals surface area contributed by atoms with Crippen LogP contribution in [0, 0.1) is 6.92 Å². The van der Waals surface area contributed by atoms with E-state index in [-0.39, 0.29) is 12.1 Å². The van der Waals surface area contributed by atoms with E-state index in [1.54, 1.807) is 6.08 Å². The van der Waals surface area contributed by atoms with Gasteiger partial charge in [0.25, 0.3) is 0 Å². The number of ether oxygens (including phenoxy) is 1. The zero-order valence-electron chi connectivity index (χ0n) is 9.66. The first-order valence-electron chi connectivity index (χ1n) is 5.20. The fraction of sp³-hybridized carbons (Fsp3) is 0.385. The van der Waals surface area contributed by atoms with Gasteiger partial charge in [-0.1, -0.05) is 30.4 Å². The molecule has 0 amide bonds. The third-order valence-electron chi connectivity index (χ3n) is 2.30. The molecule has 0 aromatic heterocycles. The molecule has 1 aromatic rings. The van der Waals surface area contributed by atoms with Crippen molar-refractivity contribution in [2.24, 2.45) is 5.73 Å². The Kier molecular flexibility index (Phi) is 3.92. The lowest BCUT2D eigenvalue weighted by Crippen LogP contribution is -2.13. The highest BCUT2D eigenvalue weighted by atomic mass is 16.5. The highest BCUT2D eigenvalue weighted by Crippen LogP contribution is 2.25. The SMILES string of the molecule is C=CC(C)Oc1ccc(C)cc1C(C)N. The quantitative estimate of drug-likeness (QED) is 0.767. The number of aryl methyl sites for hydroxylation is 1. The summed E-state index contributed by atoms with van der Waals surface area (Å²) in [6.45, 7) is 9.66. The zero-order chi connectivity index (χ0) is 11.4. The van der Waals surface area contributed by atoms with Crippen molar-refractivity contribution in [3.63, 3.8) is 0 Å². The van der Waals surface area contributed by atoms with Crippen molar-refractivity contribution in [3.05, 3.63) is 42.0 Å². The highest BCUT2D eigenvalue weighted by molar-refractivity contribution is 5.39. The molecular weight excluding hydrogens is 186 g/mol. The molecule has 2 unspecified atom stereocenters. The summed E-state index contributed by atoms with van der Waals surface area (Å²) in [7, 11) is 0. The molecule has 2 N–H and O–H groups in total. The molecule has 0 fully saturated rings. The molecule has 2 nitrogen and oxygen atoms in total. The van der Waals surface area contributed by atoms with Gasteiger partial charge < -0.3 is 10.5 Å². The summed E-state index contributed by atoms with van der Waals surface area (Å²) in [5.74, 6) is 0.850. The second-order valence-electron chi connectivity index (χ2n) is 3.89. The summed E-state index contributed by atoms with van der Waals surface area (Å²) in [6, 6.07) is 6.04. The van der Waals surface area contributed by atoms with Crippen LogP contribution < -0.4 is 10.5 Å². The van der Waals surface area contributed by atoms with Crippen molar-refractivity contribution < 1.29 is 4.74 Å². The van der Waals surface area contributed by atoms with Gasteiger partial charge in [0.05, 0.1) is 0 Å². The lowest BCUT2D eigenvalue weighted by Gasteiger charge is -2.17. The van der Waals surface area contributed by atoms with Crippen LogP contribution >= 0.6 is 0 Å². The molecule has 0 saturated heterocycles. The minimum absolute atomic E-state index is 0.00482. The first-order chi connectivity index (χ1) is 7.04. The van der Waals surface area contributed by atoms with Crippen molar-refractivity contribution in [1.82, 2.24) is 0 Å². The Hall–Kier alpha value is -1.28. The Bertz CT molecular complexity index is 344. The molecule has 0 aliphatic rings. The van der Waals surface area contributed by atoms with E-state index in [4.69, 9.17) is 10.5 Å². The smallest absolute Gasteiger partial charge is 0.124 e. The number of benzene rings is 1. The standard InChI is InChI=1S/C13H19NO/c1-5-10(3)15-13-7-6-9(2)8-12(13)11(4)14/h5-8,10-11H,1,14H2,2-4H3. The number of hydrogen-bond donors (Lipinski definition) is 1. The predicted octanol–water partition coefficient (Wildman–Crippen LogP) is 2.97. The second-order valence-corrected chi connectivity index (χ2v) is 3.89. The van der Waals surface area contributed by atoms with Crippen LogP contribution in [0.3, 0.4) is 0 Å². The van der Waals surface area contributed by atoms with E-state index in [0.717, 1.165) is 11.3 Å². The van der Waals surface area contributed by atoms with Gasteiger partial charge in [-0.25, -0.2) is 0 Å². The van der Waals surface area contributed by atoms with E-state index < -0.39 is 0 Å². The summed E-state index contributed by atoms with van der Waals surface area (Å²) in [5, 5.41) is 0. The van der Waals surface area contributed by atoms with Crippen molar-refractivity contribution >= 4 is 0 Å². The maximum Gasteiger partial charge on any atom is 0.124 e. The van der Waals surface area contributed by atoms with Gasteiger partial charge >= 0.3 is 0 Å². The lowest BCUT2D eigenvalue weighted by atomic mass is 10.1. The van der Waals surface area contributed by atoms with Crippen LogP contribution in [0.5, 0.6) is 5.75 Å². The molecule has 2 heteroatoms. The third kappa shape index (κ3) is 3.10. The molecule has 0 heterocycles. The van der Waals surface area contributed by atoms with Crippen LogP contribution in [0.1, 0.15) is 31.0 Å². The summed E-state index contributed by atoms with van der Waals surface area (Å²) in [4.78, 5) is 0. The average molecular weight is 205 g/mol. The first kappa shape index (κ1) is 11.8. The molecule has 0 saturated carbocycles. The van der Waals surface area contributed by atoms with Gasteiger partial charge in [-0.3, -0.25) is 0 Å². The van der Waals surface area contributed by atoms with Crippen molar-refractivity contribution in [2.75, 3.05) is 0 Å². The molecule has 0 aliphatic heterocycles. The minimum Gasteiger partial charge on any atom is -0.486 e. The van der Waals surface area contributed by atoms with Crippen LogP contribution in [0.4, 0.5) is 0 Å². The van der Waals surface area contributed by atoms with Crippen LogP contribution in [-0.2, 0) is 0 Å². The molecule has 0 bridgehead atoms. The Morgan fingerprint density at radius 2 is 2.07 bits per heavy atom. The van der Waals surface area contributed by atoms with Gasteiger partial charge in [0, 0.05) is 11.6 Å². The third-order valence-corrected chi connectivity index (χ3v) is 2.30. The van der Waals surface area contributed by atoms with Crippen molar-refractivity contribution in [2.45, 2.75) is 32.9 Å². The van der Waals surface area contributed by atoms with E-state index in [1.807, 2.05) is 32.9 Å². The lowest BCUT2D eigenvalue weighted by molar-refractivity contribution is 0.266. The van der Waals surface area contributed by atoms with E-state index >= 15 is 0 Å². The summed E-state index contributed by atoms with van der Waals surface area (Å²) in [5.41, 5.74) is 8.14. The van der Waals surface area contributed by atoms with E-state index in [2.05, 4.69) is 12.6 Å². The molecule has 0 spiro atoms. The average Bonchev–Trinajstić information content (AvgIpc) is 2.20. The van der Waals surface area contributed by atoms with Crippen molar-refractivity contribution in [1.29, 1.82) is 0 Å². The topological polar surface area (TPSA) is 35.2 Å². The van der Waals surface area contributed by atoms with Crippen LogP contribution in [0.25, 0.3) is 0 Å². The van der Waals surface area contributed by atoms with Gasteiger partial charge in [-0.15, -0.1) is 0 Å². The highest BCUT2D eigenvalue weighted by Gasteiger charge is 2.09. The van der Waals surface area contributed by atoms with E-state index in [9.17, 15) is 0 Å². The molecular formula is C13H19NO. The molecule has 0 aliphatic carbocycles. The van der Waals surface area contributed by atoms with Crippen molar-refractivity contribution in [3.8, 4) is 5.75 Å². The molecule has 1 rings (SSSR count). The van der Waals surface area contributed by atoms with Crippen LogP contribution in [0.15, 0.2) is 30.9 Å². The fourth-order valence-corrected chi connectivity index (χ4v) is 1.38. The summed E-state index contributed by atoms with van der Waals surface area (Å²) in [6.07, 6.45) is 1.77. The summed E-state index contributed by atoms with van der Waals surface area (Å²) >= 11 is 0. The maximum absolute atomic E-state index is 5.89. The van der Waals surface area contributed by atoms with Gasteiger partial charge in [-0.2, -0.15) is 0 Å².